The second-order valence-corrected chi connectivity index (χ2v) is 7.32. The minimum absolute atomic E-state index is 0.168. The minimum Gasteiger partial charge on any atom is -0.338 e. The Kier molecular flexibility index (Phi) is 2.90. The standard InChI is InChI=1S/C19H21N5O/c1-11-19(25)22(2)10-16-17(21-18(24(11)16)12-4-5-12)13-6-7-15-14(8-13)9-20-23(15)3/h6-9,11-12H,4-5,10H2,1-3H3/t11-/m0/s1. The van der Waals surface area contributed by atoms with E-state index in [0.717, 1.165) is 33.7 Å². The summed E-state index contributed by atoms with van der Waals surface area (Å²) >= 11 is 0. The number of likely N-dealkylation sites (N-methyl/N-ethyl adjacent to an activating group) is 1. The minimum atomic E-state index is -0.173. The number of fused-ring (bicyclic) bond motifs is 2. The Labute approximate surface area is 146 Å². The van der Waals surface area contributed by atoms with Crippen molar-refractivity contribution in [1.82, 2.24) is 24.2 Å². The Morgan fingerprint density at radius 3 is 2.76 bits per heavy atom. The Hall–Kier alpha value is -2.63. The van der Waals surface area contributed by atoms with Crippen LogP contribution in [-0.2, 0) is 18.4 Å². The lowest BCUT2D eigenvalue weighted by molar-refractivity contribution is -0.135. The molecule has 1 aromatic carbocycles. The van der Waals surface area contributed by atoms with Crippen LogP contribution in [0.25, 0.3) is 22.2 Å². The predicted molar refractivity (Wildman–Crippen MR) is 95.1 cm³/mol. The molecule has 3 aromatic rings. The van der Waals surface area contributed by atoms with Crippen molar-refractivity contribution < 1.29 is 4.79 Å². The van der Waals surface area contributed by atoms with Crippen molar-refractivity contribution in [2.75, 3.05) is 7.05 Å². The zero-order chi connectivity index (χ0) is 17.3. The van der Waals surface area contributed by atoms with Gasteiger partial charge in [-0.3, -0.25) is 9.48 Å². The lowest BCUT2D eigenvalue weighted by Gasteiger charge is -2.31. The van der Waals surface area contributed by atoms with Crippen LogP contribution in [-0.4, -0.2) is 37.2 Å². The third-order valence-electron chi connectivity index (χ3n) is 5.51. The zero-order valence-corrected chi connectivity index (χ0v) is 14.7. The maximum Gasteiger partial charge on any atom is 0.245 e. The van der Waals surface area contributed by atoms with Gasteiger partial charge in [-0.1, -0.05) is 6.07 Å². The van der Waals surface area contributed by atoms with Gasteiger partial charge < -0.3 is 9.47 Å². The molecular formula is C19H21N5O. The van der Waals surface area contributed by atoms with E-state index in [2.05, 4.69) is 27.9 Å². The summed E-state index contributed by atoms with van der Waals surface area (Å²) in [6, 6.07) is 6.20. The molecule has 1 amide bonds. The van der Waals surface area contributed by atoms with E-state index in [0.29, 0.717) is 12.5 Å². The Bertz CT molecular complexity index is 1010. The summed E-state index contributed by atoms with van der Waals surface area (Å²) in [5.74, 6) is 1.76. The largest absolute Gasteiger partial charge is 0.338 e. The molecule has 1 saturated carbocycles. The van der Waals surface area contributed by atoms with Gasteiger partial charge in [-0.05, 0) is 31.9 Å². The molecule has 0 bridgehead atoms. The molecule has 6 nitrogen and oxygen atoms in total. The number of rotatable bonds is 2. The monoisotopic (exact) mass is 335 g/mol. The number of hydrogen-bond acceptors (Lipinski definition) is 3. The molecule has 0 unspecified atom stereocenters. The first-order chi connectivity index (χ1) is 12.0. The average molecular weight is 335 g/mol. The molecule has 6 heteroatoms. The Balaban J connectivity index is 1.72. The highest BCUT2D eigenvalue weighted by atomic mass is 16.2. The number of aromatic nitrogens is 4. The molecule has 25 heavy (non-hydrogen) atoms. The smallest absolute Gasteiger partial charge is 0.245 e. The summed E-state index contributed by atoms with van der Waals surface area (Å²) in [4.78, 5) is 19.3. The molecule has 2 aliphatic rings. The van der Waals surface area contributed by atoms with E-state index in [9.17, 15) is 4.79 Å². The van der Waals surface area contributed by atoms with Gasteiger partial charge in [0.05, 0.1) is 29.6 Å². The summed E-state index contributed by atoms with van der Waals surface area (Å²) in [6.07, 6.45) is 4.24. The summed E-state index contributed by atoms with van der Waals surface area (Å²) in [6.45, 7) is 2.60. The Morgan fingerprint density at radius 2 is 2.00 bits per heavy atom. The van der Waals surface area contributed by atoms with E-state index in [4.69, 9.17) is 4.98 Å². The number of imidazole rings is 1. The molecule has 0 N–H and O–H groups in total. The summed E-state index contributed by atoms with van der Waals surface area (Å²) in [7, 11) is 3.83. The van der Waals surface area contributed by atoms with Gasteiger partial charge in [0.1, 0.15) is 11.9 Å². The van der Waals surface area contributed by atoms with Gasteiger partial charge in [0.2, 0.25) is 5.91 Å². The fourth-order valence-corrected chi connectivity index (χ4v) is 3.97. The molecule has 128 valence electrons. The topological polar surface area (TPSA) is 56.0 Å². The van der Waals surface area contributed by atoms with Crippen LogP contribution in [0.15, 0.2) is 24.4 Å². The molecule has 1 atom stereocenters. The van der Waals surface area contributed by atoms with Gasteiger partial charge in [0.15, 0.2) is 0 Å². The highest BCUT2D eigenvalue weighted by molar-refractivity contribution is 5.86. The van der Waals surface area contributed by atoms with Crippen molar-refractivity contribution in [2.24, 2.45) is 7.05 Å². The first-order valence-corrected chi connectivity index (χ1v) is 8.82. The average Bonchev–Trinajstić information content (AvgIpc) is 3.29. The first-order valence-electron chi connectivity index (χ1n) is 8.82. The van der Waals surface area contributed by atoms with Crippen LogP contribution in [0.1, 0.15) is 43.2 Å². The second kappa shape index (κ2) is 4.94. The molecule has 0 radical (unpaired) electrons. The van der Waals surface area contributed by atoms with Gasteiger partial charge in [-0.2, -0.15) is 5.10 Å². The van der Waals surface area contributed by atoms with Crippen LogP contribution >= 0.6 is 0 Å². The van der Waals surface area contributed by atoms with Gasteiger partial charge >= 0.3 is 0 Å². The first kappa shape index (κ1) is 14.7. The molecule has 0 spiro atoms. The van der Waals surface area contributed by atoms with Gasteiger partial charge in [0, 0.05) is 31.0 Å². The van der Waals surface area contributed by atoms with Crippen molar-refractivity contribution >= 4 is 16.8 Å². The quantitative estimate of drug-likeness (QED) is 0.723. The molecule has 0 saturated heterocycles. The fourth-order valence-electron chi connectivity index (χ4n) is 3.97. The van der Waals surface area contributed by atoms with E-state index < -0.39 is 0 Å². The lowest BCUT2D eigenvalue weighted by atomic mass is 10.1. The molecule has 1 fully saturated rings. The van der Waals surface area contributed by atoms with Crippen LogP contribution in [0.5, 0.6) is 0 Å². The van der Waals surface area contributed by atoms with Crippen molar-refractivity contribution in [3.8, 4) is 11.3 Å². The number of hydrogen-bond donors (Lipinski definition) is 0. The van der Waals surface area contributed by atoms with Gasteiger partial charge in [0.25, 0.3) is 0 Å². The van der Waals surface area contributed by atoms with E-state index in [1.165, 1.54) is 12.8 Å². The molecule has 2 aromatic heterocycles. The third kappa shape index (κ3) is 2.06. The highest BCUT2D eigenvalue weighted by Gasteiger charge is 2.38. The van der Waals surface area contributed by atoms with E-state index in [-0.39, 0.29) is 11.9 Å². The zero-order valence-electron chi connectivity index (χ0n) is 14.7. The van der Waals surface area contributed by atoms with Gasteiger partial charge in [-0.25, -0.2) is 4.98 Å². The summed E-state index contributed by atoms with van der Waals surface area (Å²) < 4.78 is 4.08. The van der Waals surface area contributed by atoms with E-state index in [1.807, 2.05) is 36.8 Å². The SMILES string of the molecule is C[C@H]1C(=O)N(C)Cc2c(-c3ccc4c(cnn4C)c3)nc(C3CC3)n21. The molecule has 1 aliphatic heterocycles. The third-order valence-corrected chi connectivity index (χ3v) is 5.51. The maximum absolute atomic E-state index is 12.5. The van der Waals surface area contributed by atoms with Crippen LogP contribution in [0.2, 0.25) is 0 Å². The summed E-state index contributed by atoms with van der Waals surface area (Å²) in [5, 5.41) is 5.45. The van der Waals surface area contributed by atoms with Crippen molar-refractivity contribution in [2.45, 2.75) is 38.3 Å². The summed E-state index contributed by atoms with van der Waals surface area (Å²) in [5.41, 5.74) is 4.38. The maximum atomic E-state index is 12.5. The van der Waals surface area contributed by atoms with Crippen LogP contribution < -0.4 is 0 Å². The number of carbonyl (C=O) groups excluding carboxylic acids is 1. The highest BCUT2D eigenvalue weighted by Crippen LogP contribution is 2.44. The van der Waals surface area contributed by atoms with Crippen LogP contribution in [0.3, 0.4) is 0 Å². The van der Waals surface area contributed by atoms with Crippen LogP contribution in [0, 0.1) is 0 Å². The molecule has 1 aliphatic carbocycles. The van der Waals surface area contributed by atoms with Crippen molar-refractivity contribution in [3.63, 3.8) is 0 Å². The fraction of sp³-hybridized carbons (Fsp3) is 0.421. The van der Waals surface area contributed by atoms with E-state index >= 15 is 0 Å². The predicted octanol–water partition coefficient (Wildman–Crippen LogP) is 2.85. The van der Waals surface area contributed by atoms with Crippen molar-refractivity contribution in [3.05, 3.63) is 35.9 Å². The molecular weight excluding hydrogens is 314 g/mol. The number of carbonyl (C=O) groups is 1. The Morgan fingerprint density at radius 1 is 1.20 bits per heavy atom. The number of benzene rings is 1. The number of nitrogens with zero attached hydrogens (tertiary/aromatic N) is 5. The normalized spacial score (nSPS) is 20.4. The van der Waals surface area contributed by atoms with E-state index in [1.54, 1.807) is 0 Å². The van der Waals surface area contributed by atoms with Gasteiger partial charge in [-0.15, -0.1) is 0 Å². The lowest BCUT2D eigenvalue weighted by Crippen LogP contribution is -2.39. The molecule has 3 heterocycles. The second-order valence-electron chi connectivity index (χ2n) is 7.32. The van der Waals surface area contributed by atoms with Crippen LogP contribution in [0.4, 0.5) is 0 Å². The molecule has 5 rings (SSSR count). The number of amides is 1. The van der Waals surface area contributed by atoms with Crippen molar-refractivity contribution in [1.29, 1.82) is 0 Å². The number of aryl methyl sites for hydroxylation is 1.